The summed E-state index contributed by atoms with van der Waals surface area (Å²) in [5.41, 5.74) is -0.419. The molecule has 0 unspecified atom stereocenters. The number of amides is 1. The summed E-state index contributed by atoms with van der Waals surface area (Å²) in [7, 11) is -3.79. The Balaban J connectivity index is 1.55. The van der Waals surface area contributed by atoms with E-state index in [0.717, 1.165) is 55.9 Å². The summed E-state index contributed by atoms with van der Waals surface area (Å²) in [6, 6.07) is 2.22. The van der Waals surface area contributed by atoms with Crippen molar-refractivity contribution >= 4 is 27.5 Å². The van der Waals surface area contributed by atoms with Gasteiger partial charge in [0.1, 0.15) is 17.7 Å². The highest BCUT2D eigenvalue weighted by molar-refractivity contribution is 7.89. The van der Waals surface area contributed by atoms with Crippen LogP contribution in [0.2, 0.25) is 5.02 Å². The van der Waals surface area contributed by atoms with Crippen LogP contribution < -0.4 is 9.46 Å². The highest BCUT2D eigenvalue weighted by atomic mass is 35.5. The number of sulfonamides is 1. The van der Waals surface area contributed by atoms with Crippen LogP contribution in [0.3, 0.4) is 0 Å². The fourth-order valence-corrected chi connectivity index (χ4v) is 5.89. The second-order valence-corrected chi connectivity index (χ2v) is 10.1. The maximum Gasteiger partial charge on any atom is 0.267 e. The summed E-state index contributed by atoms with van der Waals surface area (Å²) >= 11 is 6.21. The molecule has 1 aromatic carbocycles. The second-order valence-electron chi connectivity index (χ2n) is 7.98. The largest absolute Gasteiger partial charge is 0.488 e. The molecule has 0 radical (unpaired) electrons. The molecule has 4 bridgehead atoms. The molecule has 0 atom stereocenters. The molecule has 0 saturated heterocycles. The number of halogens is 2. The van der Waals surface area contributed by atoms with Crippen molar-refractivity contribution in [3.05, 3.63) is 28.5 Å². The van der Waals surface area contributed by atoms with Crippen LogP contribution in [-0.2, 0) is 10.0 Å². The quantitative estimate of drug-likeness (QED) is 0.839. The van der Waals surface area contributed by atoms with Crippen molar-refractivity contribution in [2.24, 2.45) is 23.7 Å². The van der Waals surface area contributed by atoms with Crippen molar-refractivity contribution in [2.45, 2.75) is 38.2 Å². The van der Waals surface area contributed by atoms with Crippen molar-refractivity contribution in [3.63, 3.8) is 0 Å². The van der Waals surface area contributed by atoms with Crippen LogP contribution in [0.25, 0.3) is 0 Å². The molecule has 1 amide bonds. The Morgan fingerprint density at radius 1 is 1.15 bits per heavy atom. The van der Waals surface area contributed by atoms with Crippen molar-refractivity contribution < 1.29 is 22.3 Å². The zero-order valence-corrected chi connectivity index (χ0v) is 15.9. The summed E-state index contributed by atoms with van der Waals surface area (Å²) in [4.78, 5) is 11.9. The van der Waals surface area contributed by atoms with Gasteiger partial charge in [-0.15, -0.1) is 0 Å². The Morgan fingerprint density at radius 3 is 2.27 bits per heavy atom. The van der Waals surface area contributed by atoms with Crippen molar-refractivity contribution in [3.8, 4) is 5.75 Å². The maximum absolute atomic E-state index is 14.4. The summed E-state index contributed by atoms with van der Waals surface area (Å²) in [6.45, 7) is 0. The van der Waals surface area contributed by atoms with E-state index in [1.54, 1.807) is 4.72 Å². The Morgan fingerprint density at radius 2 is 1.73 bits per heavy atom. The van der Waals surface area contributed by atoms with Gasteiger partial charge in [0.2, 0.25) is 10.0 Å². The van der Waals surface area contributed by atoms with Crippen LogP contribution >= 0.6 is 11.6 Å². The first-order valence-electron chi connectivity index (χ1n) is 8.87. The molecule has 1 aromatic rings. The standard InChI is InChI=1S/C18H21ClFNO4S/c1-26(23,24)21-18(22)13-7-14(19)16(8-15(13)20)25-17-11-3-9-2-10(5-11)6-12(17)4-9/h7-12,17H,2-6H2,1H3,(H,21,22). The van der Waals surface area contributed by atoms with E-state index in [0.29, 0.717) is 11.8 Å². The third-order valence-electron chi connectivity index (χ3n) is 5.95. The third kappa shape index (κ3) is 3.43. The van der Waals surface area contributed by atoms with Crippen molar-refractivity contribution in [1.82, 2.24) is 4.72 Å². The Kier molecular flexibility index (Phi) is 4.42. The summed E-state index contributed by atoms with van der Waals surface area (Å²) in [5, 5.41) is 0.110. The predicted molar refractivity (Wildman–Crippen MR) is 95.2 cm³/mol. The normalized spacial score (nSPS) is 32.5. The highest BCUT2D eigenvalue weighted by Crippen LogP contribution is 2.54. The Hall–Kier alpha value is -1.34. The van der Waals surface area contributed by atoms with Gasteiger partial charge >= 0.3 is 0 Å². The lowest BCUT2D eigenvalue weighted by Crippen LogP contribution is -2.50. The number of nitrogens with one attached hydrogen (secondary N) is 1. The Labute approximate surface area is 157 Å². The van der Waals surface area contributed by atoms with Crippen LogP contribution in [-0.4, -0.2) is 26.7 Å². The SMILES string of the molecule is CS(=O)(=O)NC(=O)c1cc(Cl)c(OC2C3CC4CC(C3)CC2C4)cc1F. The molecule has 4 aliphatic carbocycles. The average Bonchev–Trinajstić information content (AvgIpc) is 2.51. The molecule has 5 nitrogen and oxygen atoms in total. The minimum Gasteiger partial charge on any atom is -0.488 e. The van der Waals surface area contributed by atoms with E-state index < -0.39 is 27.3 Å². The molecule has 4 fully saturated rings. The molecule has 1 N–H and O–H groups in total. The molecule has 4 aliphatic rings. The topological polar surface area (TPSA) is 72.5 Å². The van der Waals surface area contributed by atoms with Crippen LogP contribution in [0.5, 0.6) is 5.75 Å². The molecule has 0 spiro atoms. The van der Waals surface area contributed by atoms with E-state index in [-0.39, 0.29) is 16.9 Å². The molecule has 4 saturated carbocycles. The second kappa shape index (κ2) is 6.37. The minimum atomic E-state index is -3.79. The van der Waals surface area contributed by atoms with E-state index in [4.69, 9.17) is 16.3 Å². The van der Waals surface area contributed by atoms with Gasteiger partial charge in [0, 0.05) is 6.07 Å². The van der Waals surface area contributed by atoms with Gasteiger partial charge < -0.3 is 4.74 Å². The predicted octanol–water partition coefficient (Wildman–Crippen LogP) is 3.37. The van der Waals surface area contributed by atoms with Gasteiger partial charge in [-0.25, -0.2) is 17.5 Å². The number of ether oxygens (including phenoxy) is 1. The van der Waals surface area contributed by atoms with Crippen molar-refractivity contribution in [1.29, 1.82) is 0 Å². The highest BCUT2D eigenvalue weighted by Gasteiger charge is 2.49. The van der Waals surface area contributed by atoms with Crippen LogP contribution in [0, 0.1) is 29.5 Å². The smallest absolute Gasteiger partial charge is 0.267 e. The first-order valence-corrected chi connectivity index (χ1v) is 11.1. The van der Waals surface area contributed by atoms with E-state index >= 15 is 0 Å². The summed E-state index contributed by atoms with van der Waals surface area (Å²) in [6.07, 6.45) is 6.84. The van der Waals surface area contributed by atoms with Gasteiger partial charge in [0.15, 0.2) is 0 Å². The molecule has 26 heavy (non-hydrogen) atoms. The van der Waals surface area contributed by atoms with E-state index in [1.165, 1.54) is 6.42 Å². The molecule has 8 heteroatoms. The number of benzene rings is 1. The van der Waals surface area contributed by atoms with Gasteiger partial charge in [0.05, 0.1) is 16.8 Å². The van der Waals surface area contributed by atoms with Gasteiger partial charge in [0.25, 0.3) is 5.91 Å². The van der Waals surface area contributed by atoms with Gasteiger partial charge in [-0.1, -0.05) is 11.6 Å². The number of rotatable bonds is 4. The lowest BCUT2D eigenvalue weighted by molar-refractivity contribution is -0.0790. The van der Waals surface area contributed by atoms with E-state index in [1.807, 2.05) is 0 Å². The van der Waals surface area contributed by atoms with Crippen LogP contribution in [0.15, 0.2) is 12.1 Å². The molecule has 142 valence electrons. The monoisotopic (exact) mass is 401 g/mol. The van der Waals surface area contributed by atoms with E-state index in [2.05, 4.69) is 0 Å². The zero-order chi connectivity index (χ0) is 18.6. The Bertz CT molecular complexity index is 829. The fourth-order valence-electron chi connectivity index (χ4n) is 5.23. The van der Waals surface area contributed by atoms with Gasteiger partial charge in [-0.2, -0.15) is 0 Å². The van der Waals surface area contributed by atoms with Crippen LogP contribution in [0.1, 0.15) is 42.5 Å². The molecule has 5 rings (SSSR count). The molecule has 0 heterocycles. The van der Waals surface area contributed by atoms with Crippen LogP contribution in [0.4, 0.5) is 4.39 Å². The third-order valence-corrected chi connectivity index (χ3v) is 6.80. The average molecular weight is 402 g/mol. The lowest BCUT2D eigenvalue weighted by Gasteiger charge is -2.53. The van der Waals surface area contributed by atoms with Gasteiger partial charge in [-0.3, -0.25) is 4.79 Å². The molecule has 0 aromatic heterocycles. The molecule has 0 aliphatic heterocycles. The van der Waals surface area contributed by atoms with Crippen molar-refractivity contribution in [2.75, 3.05) is 6.26 Å². The lowest BCUT2D eigenvalue weighted by atomic mass is 9.55. The minimum absolute atomic E-state index is 0.0374. The maximum atomic E-state index is 14.4. The number of carbonyl (C=O) groups excluding carboxylic acids is 1. The number of hydrogen-bond acceptors (Lipinski definition) is 4. The fraction of sp³-hybridized carbons (Fsp3) is 0.611. The first kappa shape index (κ1) is 18.0. The van der Waals surface area contributed by atoms with E-state index in [9.17, 15) is 17.6 Å². The summed E-state index contributed by atoms with van der Waals surface area (Å²) < 4.78 is 44.6. The molecular weight excluding hydrogens is 381 g/mol. The zero-order valence-electron chi connectivity index (χ0n) is 14.4. The number of carbonyl (C=O) groups is 1. The molecular formula is C18H21ClFNO4S. The van der Waals surface area contributed by atoms with Gasteiger partial charge in [-0.05, 0) is 61.8 Å². The first-order chi connectivity index (χ1) is 12.2. The number of hydrogen-bond donors (Lipinski definition) is 1. The summed E-state index contributed by atoms with van der Waals surface area (Å²) in [5.74, 6) is 0.885.